The highest BCUT2D eigenvalue weighted by Gasteiger charge is 1.93. The molecule has 0 aliphatic heterocycles. The molecular weight excluding hydrogens is 166 g/mol. The number of carboxylic acids is 1. The number of aliphatic carboxylic acids is 1. The molecule has 0 amide bonds. The number of rotatable bonds is 3. The first-order valence-electron chi connectivity index (χ1n) is 2.74. The molecule has 5 heteroatoms. The van der Waals surface area contributed by atoms with Crippen molar-refractivity contribution in [2.75, 3.05) is 0 Å². The number of nitrogens with zero attached hydrogens (tertiary/aromatic N) is 1. The van der Waals surface area contributed by atoms with Crippen LogP contribution in [-0.4, -0.2) is 16.1 Å². The van der Waals surface area contributed by atoms with Gasteiger partial charge in [0, 0.05) is 6.08 Å². The second-order valence-corrected chi connectivity index (χ2v) is 2.41. The Labute approximate surface area is 66.9 Å². The summed E-state index contributed by atoms with van der Waals surface area (Å²) in [7, 11) is 0. The van der Waals surface area contributed by atoms with Crippen LogP contribution in [0.3, 0.4) is 0 Å². The molecule has 0 aliphatic rings. The van der Waals surface area contributed by atoms with E-state index in [2.05, 4.69) is 4.98 Å². The van der Waals surface area contributed by atoms with Crippen LogP contribution in [0.25, 0.3) is 0 Å². The summed E-state index contributed by atoms with van der Waals surface area (Å²) >= 11 is 1.12. The maximum absolute atomic E-state index is 9.98. The van der Waals surface area contributed by atoms with Crippen molar-refractivity contribution in [3.05, 3.63) is 23.9 Å². The zero-order chi connectivity index (χ0) is 8.10. The Morgan fingerprint density at radius 1 is 1.82 bits per heavy atom. The molecule has 0 atom stereocenters. The SMILES string of the molecule is O=C(O)/C=C/Sc1ncco1. The highest BCUT2D eigenvalue weighted by molar-refractivity contribution is 8.01. The van der Waals surface area contributed by atoms with Crippen LogP contribution in [0.5, 0.6) is 0 Å². The summed E-state index contributed by atoms with van der Waals surface area (Å²) in [5, 5.41) is 10.0. The van der Waals surface area contributed by atoms with Crippen LogP contribution in [0.15, 0.2) is 33.6 Å². The van der Waals surface area contributed by atoms with Crippen molar-refractivity contribution in [2.45, 2.75) is 5.22 Å². The first kappa shape index (κ1) is 7.87. The lowest BCUT2D eigenvalue weighted by molar-refractivity contribution is -0.131. The number of carboxylic acid groups (broad SMARTS) is 1. The number of oxazole rings is 1. The monoisotopic (exact) mass is 171 g/mol. The lowest BCUT2D eigenvalue weighted by Crippen LogP contribution is -1.84. The van der Waals surface area contributed by atoms with Crippen molar-refractivity contribution < 1.29 is 14.3 Å². The van der Waals surface area contributed by atoms with E-state index in [0.29, 0.717) is 5.22 Å². The standard InChI is InChI=1S/C6H5NO3S/c8-5(9)1-4-11-6-7-2-3-10-6/h1-4H,(H,8,9)/b4-1+. The van der Waals surface area contributed by atoms with Gasteiger partial charge in [-0.15, -0.1) is 0 Å². The summed E-state index contributed by atoms with van der Waals surface area (Å²) in [5.74, 6) is -0.982. The number of thioether (sulfide) groups is 1. The van der Waals surface area contributed by atoms with Gasteiger partial charge in [-0.05, 0) is 17.2 Å². The predicted molar refractivity (Wildman–Crippen MR) is 39.1 cm³/mol. The molecular formula is C6H5NO3S. The molecule has 1 heterocycles. The van der Waals surface area contributed by atoms with Crippen LogP contribution in [0.4, 0.5) is 0 Å². The zero-order valence-corrected chi connectivity index (χ0v) is 6.25. The Morgan fingerprint density at radius 2 is 2.64 bits per heavy atom. The molecule has 4 nitrogen and oxygen atoms in total. The molecule has 0 saturated carbocycles. The van der Waals surface area contributed by atoms with Gasteiger partial charge in [-0.25, -0.2) is 9.78 Å². The fourth-order valence-corrected chi connectivity index (χ4v) is 0.953. The largest absolute Gasteiger partial charge is 0.478 e. The fraction of sp³-hybridized carbons (Fsp3) is 0. The van der Waals surface area contributed by atoms with E-state index in [1.54, 1.807) is 0 Å². The molecule has 1 rings (SSSR count). The molecule has 11 heavy (non-hydrogen) atoms. The highest BCUT2D eigenvalue weighted by atomic mass is 32.2. The van der Waals surface area contributed by atoms with Gasteiger partial charge in [-0.2, -0.15) is 0 Å². The third kappa shape index (κ3) is 2.90. The van der Waals surface area contributed by atoms with Crippen LogP contribution in [0.2, 0.25) is 0 Å². The summed E-state index contributed by atoms with van der Waals surface area (Å²) in [6.45, 7) is 0. The molecule has 0 fully saturated rings. The van der Waals surface area contributed by atoms with Gasteiger partial charge in [0.15, 0.2) is 0 Å². The van der Waals surface area contributed by atoms with Crippen LogP contribution in [0, 0.1) is 0 Å². The van der Waals surface area contributed by atoms with E-state index in [1.165, 1.54) is 17.9 Å². The average molecular weight is 171 g/mol. The van der Waals surface area contributed by atoms with E-state index in [9.17, 15) is 4.79 Å². The minimum absolute atomic E-state index is 0.433. The summed E-state index contributed by atoms with van der Waals surface area (Å²) < 4.78 is 4.82. The molecule has 0 aliphatic carbocycles. The topological polar surface area (TPSA) is 63.3 Å². The number of aromatic nitrogens is 1. The normalized spacial score (nSPS) is 10.5. The van der Waals surface area contributed by atoms with Crippen molar-refractivity contribution in [3.63, 3.8) is 0 Å². The molecule has 1 aromatic rings. The summed E-state index contributed by atoms with van der Waals surface area (Å²) in [6, 6.07) is 0. The number of carbonyl (C=O) groups is 1. The Morgan fingerprint density at radius 3 is 3.18 bits per heavy atom. The number of hydrogen-bond acceptors (Lipinski definition) is 4. The lowest BCUT2D eigenvalue weighted by atomic mass is 10.7. The van der Waals surface area contributed by atoms with Gasteiger partial charge in [-0.1, -0.05) is 0 Å². The molecule has 58 valence electrons. The third-order valence-electron chi connectivity index (χ3n) is 0.789. The quantitative estimate of drug-likeness (QED) is 0.549. The van der Waals surface area contributed by atoms with Gasteiger partial charge in [-0.3, -0.25) is 0 Å². The Balaban J connectivity index is 2.40. The second-order valence-electron chi connectivity index (χ2n) is 1.56. The third-order valence-corrected chi connectivity index (χ3v) is 1.46. The highest BCUT2D eigenvalue weighted by Crippen LogP contribution is 2.15. The van der Waals surface area contributed by atoms with Gasteiger partial charge in [0.1, 0.15) is 6.26 Å². The number of hydrogen-bond donors (Lipinski definition) is 1. The Bertz CT molecular complexity index is 255. The molecule has 0 radical (unpaired) electrons. The van der Waals surface area contributed by atoms with E-state index in [4.69, 9.17) is 9.52 Å². The smallest absolute Gasteiger partial charge is 0.328 e. The van der Waals surface area contributed by atoms with Crippen molar-refractivity contribution in [2.24, 2.45) is 0 Å². The van der Waals surface area contributed by atoms with Crippen molar-refractivity contribution in [1.82, 2.24) is 4.98 Å². The van der Waals surface area contributed by atoms with Gasteiger partial charge < -0.3 is 9.52 Å². The van der Waals surface area contributed by atoms with Crippen LogP contribution < -0.4 is 0 Å². The van der Waals surface area contributed by atoms with E-state index < -0.39 is 5.97 Å². The van der Waals surface area contributed by atoms with E-state index >= 15 is 0 Å². The Hall–Kier alpha value is -1.23. The van der Waals surface area contributed by atoms with E-state index in [0.717, 1.165) is 17.8 Å². The molecule has 1 aromatic heterocycles. The molecule has 0 bridgehead atoms. The Kier molecular flexibility index (Phi) is 2.74. The van der Waals surface area contributed by atoms with Gasteiger partial charge >= 0.3 is 5.97 Å². The zero-order valence-electron chi connectivity index (χ0n) is 5.43. The van der Waals surface area contributed by atoms with Crippen molar-refractivity contribution in [3.8, 4) is 0 Å². The average Bonchev–Trinajstić information content (AvgIpc) is 2.39. The van der Waals surface area contributed by atoms with Gasteiger partial charge in [0.2, 0.25) is 0 Å². The van der Waals surface area contributed by atoms with Crippen LogP contribution >= 0.6 is 11.8 Å². The first-order valence-corrected chi connectivity index (χ1v) is 3.62. The molecule has 0 unspecified atom stereocenters. The minimum Gasteiger partial charge on any atom is -0.478 e. The first-order chi connectivity index (χ1) is 5.29. The molecule has 0 aromatic carbocycles. The predicted octanol–water partition coefficient (Wildman–Crippen LogP) is 1.36. The molecule has 0 spiro atoms. The van der Waals surface area contributed by atoms with Crippen molar-refractivity contribution >= 4 is 17.7 Å². The van der Waals surface area contributed by atoms with Gasteiger partial charge in [0.25, 0.3) is 5.22 Å². The maximum Gasteiger partial charge on any atom is 0.328 e. The summed E-state index contributed by atoms with van der Waals surface area (Å²) in [4.78, 5) is 13.7. The van der Waals surface area contributed by atoms with Gasteiger partial charge in [0.05, 0.1) is 6.20 Å². The fourth-order valence-electron chi connectivity index (χ4n) is 0.419. The maximum atomic E-state index is 9.98. The molecule has 0 saturated heterocycles. The minimum atomic E-state index is -0.982. The van der Waals surface area contributed by atoms with E-state index in [-0.39, 0.29) is 0 Å². The lowest BCUT2D eigenvalue weighted by Gasteiger charge is -1.82. The summed E-state index contributed by atoms with van der Waals surface area (Å²) in [5.41, 5.74) is 0. The van der Waals surface area contributed by atoms with Crippen LogP contribution in [0.1, 0.15) is 0 Å². The summed E-state index contributed by atoms with van der Waals surface area (Å²) in [6.07, 6.45) is 3.95. The van der Waals surface area contributed by atoms with E-state index in [1.807, 2.05) is 0 Å². The molecule has 1 N–H and O–H groups in total. The van der Waals surface area contributed by atoms with Crippen LogP contribution in [-0.2, 0) is 4.79 Å². The second kappa shape index (κ2) is 3.82. The van der Waals surface area contributed by atoms with Crippen molar-refractivity contribution in [1.29, 1.82) is 0 Å².